The Hall–Kier alpha value is -0.530. The van der Waals surface area contributed by atoms with Crippen molar-refractivity contribution in [2.75, 3.05) is 0 Å². The molecule has 42 valence electrons. The topological polar surface area (TPSA) is 37.3 Å². The first kappa shape index (κ1) is 1.07. The number of carbonyl (C=O) groups is 1. The molecule has 2 heteroatoms. The molecule has 2 nitrogen and oxygen atoms in total. The zero-order chi connectivity index (χ0) is 12.4. The molecule has 0 radical (unpaired) electrons. The van der Waals surface area contributed by atoms with Crippen LogP contribution in [0.5, 0.6) is 0 Å². The van der Waals surface area contributed by atoms with Crippen LogP contribution in [0.25, 0.3) is 1.43 Å². The monoisotopic (exact) mass is 110 g/mol. The van der Waals surface area contributed by atoms with Crippen molar-refractivity contribution < 1.29 is 19.5 Å². The van der Waals surface area contributed by atoms with Crippen molar-refractivity contribution in [3.63, 3.8) is 0 Å². The Labute approximate surface area is 54.5 Å². The molecule has 7 heavy (non-hydrogen) atoms. The Morgan fingerprint density at radius 1 is 2.29 bits per heavy atom. The number of hydrogen-bond donors (Lipinski definition) is 1. The van der Waals surface area contributed by atoms with Gasteiger partial charge in [-0.1, -0.05) is 13.3 Å². The number of carboxylic acid groups (broad SMARTS) is 1. The van der Waals surface area contributed by atoms with Gasteiger partial charge in [0.2, 0.25) is 0 Å². The Kier molecular flexibility index (Phi) is 0.557. The second kappa shape index (κ2) is 3.65. The third-order valence-corrected chi connectivity index (χ3v) is 0.258. The molecule has 0 rings (SSSR count). The van der Waals surface area contributed by atoms with E-state index < -0.39 is 32.0 Å². The summed E-state index contributed by atoms with van der Waals surface area (Å²) in [6.07, 6.45) is -8.38. The quantitative estimate of drug-likeness (QED) is 0.594. The molecule has 0 bridgehead atoms. The van der Waals surface area contributed by atoms with Crippen LogP contribution in [-0.2, 0) is 4.79 Å². The van der Waals surface area contributed by atoms with Gasteiger partial charge in [0.05, 0.1) is 0 Å². The fourth-order valence-electron chi connectivity index (χ4n) is 0.101. The lowest BCUT2D eigenvalue weighted by Crippen LogP contribution is -1.91. The van der Waals surface area contributed by atoms with E-state index >= 15 is 0 Å². The van der Waals surface area contributed by atoms with Gasteiger partial charge in [-0.05, 0) is 6.37 Å². The van der Waals surface area contributed by atoms with Crippen molar-refractivity contribution in [3.8, 4) is 0 Å². The van der Waals surface area contributed by atoms with Crippen molar-refractivity contribution in [2.24, 2.45) is 0 Å². The van der Waals surface area contributed by atoms with Crippen molar-refractivity contribution in [1.29, 1.82) is 1.43 Å². The van der Waals surface area contributed by atoms with Crippen molar-refractivity contribution >= 4 is 5.97 Å². The van der Waals surface area contributed by atoms with Gasteiger partial charge in [0.25, 0.3) is 1.43 Å². The van der Waals surface area contributed by atoms with Crippen molar-refractivity contribution in [1.82, 2.24) is 0 Å². The summed E-state index contributed by atoms with van der Waals surface area (Å²) < 4.78 is 55.4. The van der Waals surface area contributed by atoms with Crippen LogP contribution in [-0.4, -0.2) is 11.1 Å². The van der Waals surface area contributed by atoms with Crippen molar-refractivity contribution in [2.45, 2.75) is 26.0 Å². The predicted molar refractivity (Wildman–Crippen MR) is 27.2 cm³/mol. The van der Waals surface area contributed by atoms with Gasteiger partial charge in [0.15, 0.2) is 0 Å². The summed E-state index contributed by atoms with van der Waals surface area (Å²) in [5.74, 6) is -1.79. The van der Waals surface area contributed by atoms with Gasteiger partial charge in [0.1, 0.15) is 0 Å². The normalized spacial score (nSPS) is 33.9. The van der Waals surface area contributed by atoms with Gasteiger partial charge in [0, 0.05) is 16.0 Å². The second-order valence-electron chi connectivity index (χ2n) is 0.723. The van der Waals surface area contributed by atoms with E-state index in [9.17, 15) is 4.79 Å². The van der Waals surface area contributed by atoms with E-state index in [1.807, 2.05) is 0 Å². The third kappa shape index (κ3) is 5.47. The SMILES string of the molecule is [2H]OC(=O)C([2H])([2H])C([2H])([2H])C([2H])C([2H])[2H]. The van der Waals surface area contributed by atoms with E-state index in [4.69, 9.17) is 11.0 Å². The molecular weight excluding hydrogens is 92.1 g/mol. The molecule has 0 spiro atoms. The van der Waals surface area contributed by atoms with Gasteiger partial charge >= 0.3 is 5.97 Å². The van der Waals surface area contributed by atoms with Crippen LogP contribution in [0.1, 0.15) is 35.6 Å². The van der Waals surface area contributed by atoms with Gasteiger partial charge < -0.3 is 5.11 Å². The molecule has 0 amide bonds. The molecule has 0 aromatic heterocycles. The Balaban J connectivity index is 5.08. The first-order valence-corrected chi connectivity index (χ1v) is 1.53. The first-order chi connectivity index (χ1) is 6.59. The summed E-state index contributed by atoms with van der Waals surface area (Å²) in [5, 5.41) is 3.32. The summed E-state index contributed by atoms with van der Waals surface area (Å²) in [7, 11) is 0. The maximum Gasteiger partial charge on any atom is 0.303 e. The molecule has 0 heterocycles. The van der Waals surface area contributed by atoms with E-state index in [-0.39, 0.29) is 0 Å². The molecule has 1 unspecified atom stereocenters. The highest BCUT2D eigenvalue weighted by Gasteiger charge is 1.90. The minimum absolute atomic E-state index is 1.79. The molecule has 0 fully saturated rings. The van der Waals surface area contributed by atoms with Crippen molar-refractivity contribution in [3.05, 3.63) is 0 Å². The summed E-state index contributed by atoms with van der Waals surface area (Å²) in [5.41, 5.74) is 0. The highest BCUT2D eigenvalue weighted by molar-refractivity contribution is 5.66. The molecule has 0 saturated heterocycles. The molecule has 0 aliphatic carbocycles. The largest absolute Gasteiger partial charge is 0.481 e. The maximum atomic E-state index is 10.8. The zero-order valence-electron chi connectivity index (χ0n) is 11.5. The minimum Gasteiger partial charge on any atom is -0.481 e. The predicted octanol–water partition coefficient (Wildman–Crippen LogP) is 1.26. The fraction of sp³-hybridized carbons (Fsp3) is 0.800. The molecular formula is C5H10O2. The van der Waals surface area contributed by atoms with Crippen LogP contribution in [0.4, 0.5) is 0 Å². The van der Waals surface area contributed by atoms with E-state index in [2.05, 4.69) is 5.11 Å². The molecule has 1 atom stereocenters. The lowest BCUT2D eigenvalue weighted by molar-refractivity contribution is -0.137. The standard InChI is InChI=1S/C5H10O2/c1-2-3-4-5(6)7/h2-4H2,1H3,(H,6,7)/i1D2,2D,3D2,4D2/hD. The second-order valence-corrected chi connectivity index (χ2v) is 0.723. The minimum atomic E-state index is -3.23. The summed E-state index contributed by atoms with van der Waals surface area (Å²) >= 11 is 0. The smallest absolute Gasteiger partial charge is 0.303 e. The van der Waals surface area contributed by atoms with Gasteiger partial charge in [-0.15, -0.1) is 0 Å². The van der Waals surface area contributed by atoms with E-state index in [1.165, 1.54) is 0 Å². The third-order valence-electron chi connectivity index (χ3n) is 0.258. The van der Waals surface area contributed by atoms with Gasteiger partial charge in [-0.25, -0.2) is 0 Å². The summed E-state index contributed by atoms with van der Waals surface area (Å²) in [6.45, 7) is -1.95. The number of carboxylic acids is 1. The average molecular weight is 110 g/mol. The fourth-order valence-corrected chi connectivity index (χ4v) is 0.101. The van der Waals surface area contributed by atoms with Crippen LogP contribution in [0.15, 0.2) is 0 Å². The van der Waals surface area contributed by atoms with Crippen LogP contribution in [0.3, 0.4) is 0 Å². The maximum absolute atomic E-state index is 10.8. The average Bonchev–Trinajstić information content (AvgIpc) is 2.14. The van der Waals surface area contributed by atoms with Gasteiger partial charge in [-0.2, -0.15) is 0 Å². The Morgan fingerprint density at radius 3 is 3.71 bits per heavy atom. The van der Waals surface area contributed by atoms with Crippen LogP contribution in [0.2, 0.25) is 0 Å². The molecule has 0 aromatic carbocycles. The molecule has 1 N–H and O–H groups in total. The summed E-state index contributed by atoms with van der Waals surface area (Å²) in [4.78, 5) is 10.8. The molecule has 0 aromatic rings. The number of rotatable bonds is 3. The van der Waals surface area contributed by atoms with E-state index in [0.29, 0.717) is 0 Å². The molecule has 0 aliphatic heterocycles. The molecule has 0 aliphatic rings. The van der Waals surface area contributed by atoms with E-state index in [1.54, 1.807) is 0 Å². The zero-order valence-corrected chi connectivity index (χ0v) is 3.47. The Morgan fingerprint density at radius 2 is 3.14 bits per heavy atom. The van der Waals surface area contributed by atoms with Crippen LogP contribution >= 0.6 is 0 Å². The first-order valence-electron chi connectivity index (χ1n) is 5.67. The molecule has 0 saturated carbocycles. The lowest BCUT2D eigenvalue weighted by atomic mass is 10.3. The lowest BCUT2D eigenvalue weighted by Gasteiger charge is -1.85. The van der Waals surface area contributed by atoms with E-state index in [0.717, 1.165) is 0 Å². The highest BCUT2D eigenvalue weighted by Crippen LogP contribution is 1.91. The number of hydrogen-bond acceptors (Lipinski definition) is 2. The van der Waals surface area contributed by atoms with Gasteiger partial charge in [-0.3, -0.25) is 4.79 Å². The van der Waals surface area contributed by atoms with Crippen LogP contribution < -0.4 is 0 Å². The Bertz CT molecular complexity index is 239. The highest BCUT2D eigenvalue weighted by atomic mass is 16.4. The number of aliphatic carboxylic acids is 1. The summed E-state index contributed by atoms with van der Waals surface area (Å²) in [6, 6.07) is 0. The van der Waals surface area contributed by atoms with Crippen LogP contribution in [0, 0.1) is 0 Å².